The first-order chi connectivity index (χ1) is 6.09. The highest BCUT2D eigenvalue weighted by Gasteiger charge is 2.24. The number of likely N-dealkylation sites (tertiary alicyclic amines) is 1. The van der Waals surface area contributed by atoms with Gasteiger partial charge in [0.2, 0.25) is 0 Å². The number of nitrogens with two attached hydrogens (primary N) is 1. The molecule has 4 nitrogen and oxygen atoms in total. The van der Waals surface area contributed by atoms with Crippen LogP contribution in [-0.2, 0) is 4.79 Å². The predicted octanol–water partition coefficient (Wildman–Crippen LogP) is 0.130. The monoisotopic (exact) mass is 186 g/mol. The molecule has 0 radical (unpaired) electrons. The van der Waals surface area contributed by atoms with Crippen molar-refractivity contribution in [1.82, 2.24) is 4.90 Å². The summed E-state index contributed by atoms with van der Waals surface area (Å²) in [4.78, 5) is 12.9. The van der Waals surface area contributed by atoms with Gasteiger partial charge in [0.25, 0.3) is 0 Å². The molecule has 1 aliphatic rings. The molecule has 1 heterocycles. The van der Waals surface area contributed by atoms with E-state index < -0.39 is 5.97 Å². The molecule has 1 fully saturated rings. The van der Waals surface area contributed by atoms with Gasteiger partial charge in [-0.3, -0.25) is 4.79 Å². The number of rotatable bonds is 3. The Labute approximate surface area is 78.7 Å². The molecule has 1 aliphatic heterocycles. The van der Waals surface area contributed by atoms with E-state index in [0.29, 0.717) is 0 Å². The normalized spacial score (nSPS) is 22.9. The van der Waals surface area contributed by atoms with Crippen molar-refractivity contribution in [2.24, 2.45) is 11.7 Å². The molecule has 4 heteroatoms. The third-order valence-corrected chi connectivity index (χ3v) is 2.48. The van der Waals surface area contributed by atoms with Gasteiger partial charge in [0.15, 0.2) is 0 Å². The maximum absolute atomic E-state index is 10.6. The molecule has 0 unspecified atom stereocenters. The molecule has 0 spiro atoms. The van der Waals surface area contributed by atoms with Gasteiger partial charge in [0.05, 0.1) is 5.92 Å². The number of carbonyl (C=O) groups is 1. The van der Waals surface area contributed by atoms with Crippen LogP contribution in [0.1, 0.15) is 19.8 Å². The number of piperidine rings is 1. The number of hydrogen-bond donors (Lipinski definition) is 2. The molecule has 0 aromatic rings. The number of carboxylic acids is 1. The van der Waals surface area contributed by atoms with E-state index in [4.69, 9.17) is 10.8 Å². The Hall–Kier alpha value is -0.610. The van der Waals surface area contributed by atoms with Crippen molar-refractivity contribution >= 4 is 5.97 Å². The van der Waals surface area contributed by atoms with E-state index in [1.165, 1.54) is 0 Å². The molecule has 76 valence electrons. The fourth-order valence-electron chi connectivity index (χ4n) is 1.77. The average molecular weight is 186 g/mol. The van der Waals surface area contributed by atoms with Crippen molar-refractivity contribution in [3.05, 3.63) is 0 Å². The molecule has 0 bridgehead atoms. The lowest BCUT2D eigenvalue weighted by Crippen LogP contribution is -2.42. The third-order valence-electron chi connectivity index (χ3n) is 2.48. The lowest BCUT2D eigenvalue weighted by molar-refractivity contribution is -0.143. The summed E-state index contributed by atoms with van der Waals surface area (Å²) in [6, 6.07) is 0.182. The van der Waals surface area contributed by atoms with Crippen LogP contribution in [0.4, 0.5) is 0 Å². The molecule has 0 aliphatic carbocycles. The minimum atomic E-state index is -0.652. The Morgan fingerprint density at radius 1 is 1.62 bits per heavy atom. The van der Waals surface area contributed by atoms with Crippen LogP contribution in [0.2, 0.25) is 0 Å². The first-order valence-electron chi connectivity index (χ1n) is 4.80. The zero-order valence-electron chi connectivity index (χ0n) is 8.07. The van der Waals surface area contributed by atoms with E-state index >= 15 is 0 Å². The van der Waals surface area contributed by atoms with E-state index in [-0.39, 0.29) is 12.0 Å². The molecular formula is C9H18N2O2. The van der Waals surface area contributed by atoms with E-state index in [9.17, 15) is 4.79 Å². The van der Waals surface area contributed by atoms with Crippen LogP contribution >= 0.6 is 0 Å². The van der Waals surface area contributed by atoms with Gasteiger partial charge in [-0.15, -0.1) is 0 Å². The highest BCUT2D eigenvalue weighted by molar-refractivity contribution is 5.70. The van der Waals surface area contributed by atoms with E-state index in [0.717, 1.165) is 32.5 Å². The second-order valence-corrected chi connectivity index (χ2v) is 3.89. The Morgan fingerprint density at radius 3 is 2.54 bits per heavy atom. The summed E-state index contributed by atoms with van der Waals surface area (Å²) in [5.74, 6) is -0.787. The fraction of sp³-hybridized carbons (Fsp3) is 0.889. The van der Waals surface area contributed by atoms with Crippen LogP contribution in [0.25, 0.3) is 0 Å². The summed E-state index contributed by atoms with van der Waals surface area (Å²) in [7, 11) is 0. The summed E-state index contributed by atoms with van der Waals surface area (Å²) in [5, 5.41) is 8.76. The third kappa shape index (κ3) is 3.32. The number of hydrogen-bond acceptors (Lipinski definition) is 3. The average Bonchev–Trinajstić information content (AvgIpc) is 2.04. The minimum Gasteiger partial charge on any atom is -0.481 e. The smallest absolute Gasteiger partial charge is 0.306 e. The van der Waals surface area contributed by atoms with Gasteiger partial charge < -0.3 is 15.7 Å². The summed E-state index contributed by atoms with van der Waals surface area (Å²) < 4.78 is 0. The molecule has 1 saturated heterocycles. The van der Waals surface area contributed by atoms with Crippen molar-refractivity contribution in [2.75, 3.05) is 19.6 Å². The number of aliphatic carboxylic acids is 1. The van der Waals surface area contributed by atoms with Crippen LogP contribution in [-0.4, -0.2) is 41.7 Å². The molecular weight excluding hydrogens is 168 g/mol. The zero-order valence-corrected chi connectivity index (χ0v) is 8.07. The standard InChI is InChI=1S/C9H18N2O2/c1-7(10)6-11-4-2-8(3-5-11)9(12)13/h7-8H,2-6,10H2,1H3,(H,12,13)/t7-/m0/s1. The van der Waals surface area contributed by atoms with E-state index in [2.05, 4.69) is 4.90 Å². The molecule has 1 atom stereocenters. The van der Waals surface area contributed by atoms with Gasteiger partial charge in [-0.2, -0.15) is 0 Å². The van der Waals surface area contributed by atoms with Crippen LogP contribution < -0.4 is 5.73 Å². The Morgan fingerprint density at radius 2 is 2.15 bits per heavy atom. The maximum atomic E-state index is 10.6. The topological polar surface area (TPSA) is 66.6 Å². The Bertz CT molecular complexity index is 174. The van der Waals surface area contributed by atoms with Crippen molar-refractivity contribution < 1.29 is 9.90 Å². The second-order valence-electron chi connectivity index (χ2n) is 3.89. The number of nitrogens with zero attached hydrogens (tertiary/aromatic N) is 1. The van der Waals surface area contributed by atoms with Crippen molar-refractivity contribution in [2.45, 2.75) is 25.8 Å². The van der Waals surface area contributed by atoms with E-state index in [1.807, 2.05) is 6.92 Å². The summed E-state index contributed by atoms with van der Waals surface area (Å²) in [6.07, 6.45) is 1.53. The predicted molar refractivity (Wildman–Crippen MR) is 50.4 cm³/mol. The van der Waals surface area contributed by atoms with Gasteiger partial charge in [0.1, 0.15) is 0 Å². The van der Waals surface area contributed by atoms with Crippen LogP contribution in [0.5, 0.6) is 0 Å². The zero-order chi connectivity index (χ0) is 9.84. The molecule has 1 rings (SSSR count). The molecule has 0 saturated carbocycles. The van der Waals surface area contributed by atoms with Gasteiger partial charge >= 0.3 is 5.97 Å². The highest BCUT2D eigenvalue weighted by Crippen LogP contribution is 2.16. The molecule has 13 heavy (non-hydrogen) atoms. The van der Waals surface area contributed by atoms with Crippen molar-refractivity contribution in [3.63, 3.8) is 0 Å². The van der Waals surface area contributed by atoms with Gasteiger partial charge in [-0.25, -0.2) is 0 Å². The first-order valence-corrected chi connectivity index (χ1v) is 4.80. The maximum Gasteiger partial charge on any atom is 0.306 e. The number of carboxylic acid groups (broad SMARTS) is 1. The molecule has 3 N–H and O–H groups in total. The molecule has 0 amide bonds. The summed E-state index contributed by atoms with van der Waals surface area (Å²) in [6.45, 7) is 4.60. The first kappa shape index (κ1) is 10.5. The quantitative estimate of drug-likeness (QED) is 0.657. The highest BCUT2D eigenvalue weighted by atomic mass is 16.4. The largest absolute Gasteiger partial charge is 0.481 e. The summed E-state index contributed by atoms with van der Waals surface area (Å²) in [5.41, 5.74) is 5.66. The SMILES string of the molecule is C[C@H](N)CN1CCC(C(=O)O)CC1. The summed E-state index contributed by atoms with van der Waals surface area (Å²) >= 11 is 0. The van der Waals surface area contributed by atoms with Crippen LogP contribution in [0.3, 0.4) is 0 Å². The van der Waals surface area contributed by atoms with Gasteiger partial charge in [0, 0.05) is 12.6 Å². The fourth-order valence-corrected chi connectivity index (χ4v) is 1.77. The Balaban J connectivity index is 2.26. The van der Waals surface area contributed by atoms with Crippen molar-refractivity contribution in [1.29, 1.82) is 0 Å². The lowest BCUT2D eigenvalue weighted by atomic mass is 9.97. The van der Waals surface area contributed by atoms with Crippen LogP contribution in [0.15, 0.2) is 0 Å². The van der Waals surface area contributed by atoms with Crippen molar-refractivity contribution in [3.8, 4) is 0 Å². The van der Waals surface area contributed by atoms with Crippen LogP contribution in [0, 0.1) is 5.92 Å². The molecule has 0 aromatic carbocycles. The Kier molecular flexibility index (Phi) is 3.69. The minimum absolute atomic E-state index is 0.135. The van der Waals surface area contributed by atoms with E-state index in [1.54, 1.807) is 0 Å². The lowest BCUT2D eigenvalue weighted by Gasteiger charge is -2.30. The molecule has 0 aromatic heterocycles. The van der Waals surface area contributed by atoms with Gasteiger partial charge in [-0.1, -0.05) is 0 Å². The van der Waals surface area contributed by atoms with Gasteiger partial charge in [-0.05, 0) is 32.9 Å². The second kappa shape index (κ2) is 4.58.